The van der Waals surface area contributed by atoms with Crippen LogP contribution in [0, 0.1) is 11.3 Å². The lowest BCUT2D eigenvalue weighted by Gasteiger charge is -2.45. The normalized spacial score (nSPS) is 28.9. The van der Waals surface area contributed by atoms with Gasteiger partial charge in [-0.2, -0.15) is 0 Å². The third-order valence-corrected chi connectivity index (χ3v) is 6.81. The van der Waals surface area contributed by atoms with Crippen molar-refractivity contribution in [2.45, 2.75) is 52.0 Å². The SMILES string of the molecule is CCCC(=O)N1Cc2ccccc2CC2(CCCN(CC3CCNC3)C2)C1. The van der Waals surface area contributed by atoms with E-state index in [4.69, 9.17) is 0 Å². The molecule has 3 aliphatic heterocycles. The Hall–Kier alpha value is -1.39. The van der Waals surface area contributed by atoms with Crippen molar-refractivity contribution in [1.82, 2.24) is 15.1 Å². The lowest BCUT2D eigenvalue weighted by atomic mass is 9.74. The molecule has 2 unspecified atom stereocenters. The summed E-state index contributed by atoms with van der Waals surface area (Å²) in [6.07, 6.45) is 6.56. The monoisotopic (exact) mass is 369 g/mol. The lowest BCUT2D eigenvalue weighted by Crippen LogP contribution is -2.51. The number of carbonyl (C=O) groups is 1. The first-order chi connectivity index (χ1) is 13.2. The van der Waals surface area contributed by atoms with Crippen LogP contribution in [-0.4, -0.2) is 55.0 Å². The molecule has 1 aromatic carbocycles. The van der Waals surface area contributed by atoms with Crippen molar-refractivity contribution in [2.24, 2.45) is 11.3 Å². The second-order valence-corrected chi connectivity index (χ2v) is 9.14. The van der Waals surface area contributed by atoms with Gasteiger partial charge in [0.05, 0.1) is 0 Å². The van der Waals surface area contributed by atoms with Gasteiger partial charge in [0.1, 0.15) is 0 Å². The van der Waals surface area contributed by atoms with E-state index in [2.05, 4.69) is 46.3 Å². The van der Waals surface area contributed by atoms with Crippen molar-refractivity contribution in [3.05, 3.63) is 35.4 Å². The van der Waals surface area contributed by atoms with Crippen molar-refractivity contribution < 1.29 is 4.79 Å². The summed E-state index contributed by atoms with van der Waals surface area (Å²) < 4.78 is 0. The summed E-state index contributed by atoms with van der Waals surface area (Å²) >= 11 is 0. The maximum atomic E-state index is 12.9. The first kappa shape index (κ1) is 18.9. The molecule has 0 radical (unpaired) electrons. The van der Waals surface area contributed by atoms with Crippen LogP contribution in [0.3, 0.4) is 0 Å². The van der Waals surface area contributed by atoms with Crippen LogP contribution in [0.15, 0.2) is 24.3 Å². The fourth-order valence-corrected chi connectivity index (χ4v) is 5.53. The maximum absolute atomic E-state index is 12.9. The fraction of sp³-hybridized carbons (Fsp3) is 0.696. The summed E-state index contributed by atoms with van der Waals surface area (Å²) in [7, 11) is 0. The zero-order valence-electron chi connectivity index (χ0n) is 16.9. The Labute approximate surface area is 164 Å². The van der Waals surface area contributed by atoms with Crippen LogP contribution < -0.4 is 5.32 Å². The summed E-state index contributed by atoms with van der Waals surface area (Å²) in [6, 6.07) is 8.82. The molecule has 148 valence electrons. The number of piperidine rings is 1. The van der Waals surface area contributed by atoms with Crippen LogP contribution in [0.1, 0.15) is 50.2 Å². The van der Waals surface area contributed by atoms with E-state index in [1.807, 2.05) is 0 Å². The average Bonchev–Trinajstić information content (AvgIpc) is 3.10. The summed E-state index contributed by atoms with van der Waals surface area (Å²) in [5.74, 6) is 1.14. The standard InChI is InChI=1S/C23H35N3O/c1-2-6-22(27)26-16-21-8-4-3-7-20(21)13-23(18-26)10-5-12-25(17-23)15-19-9-11-24-14-19/h3-4,7-8,19,24H,2,5-6,9-18H2,1H3. The van der Waals surface area contributed by atoms with Crippen LogP contribution in [0.25, 0.3) is 0 Å². The number of nitrogens with zero attached hydrogens (tertiary/aromatic N) is 2. The number of hydrogen-bond donors (Lipinski definition) is 1. The van der Waals surface area contributed by atoms with Gasteiger partial charge >= 0.3 is 0 Å². The van der Waals surface area contributed by atoms with E-state index in [1.54, 1.807) is 0 Å². The van der Waals surface area contributed by atoms with E-state index >= 15 is 0 Å². The predicted molar refractivity (Wildman–Crippen MR) is 110 cm³/mol. The van der Waals surface area contributed by atoms with Gasteiger partial charge in [0.15, 0.2) is 0 Å². The van der Waals surface area contributed by atoms with E-state index in [-0.39, 0.29) is 5.41 Å². The topological polar surface area (TPSA) is 35.6 Å². The van der Waals surface area contributed by atoms with Crippen molar-refractivity contribution in [3.8, 4) is 0 Å². The minimum Gasteiger partial charge on any atom is -0.338 e. The van der Waals surface area contributed by atoms with Crippen molar-refractivity contribution in [2.75, 3.05) is 39.3 Å². The fourth-order valence-electron chi connectivity index (χ4n) is 5.53. The van der Waals surface area contributed by atoms with Crippen LogP contribution >= 0.6 is 0 Å². The third kappa shape index (κ3) is 4.38. The van der Waals surface area contributed by atoms with Crippen LogP contribution in [0.4, 0.5) is 0 Å². The second-order valence-electron chi connectivity index (χ2n) is 9.14. The van der Waals surface area contributed by atoms with E-state index in [0.717, 1.165) is 38.4 Å². The molecule has 1 spiro atoms. The molecular weight excluding hydrogens is 334 g/mol. The smallest absolute Gasteiger partial charge is 0.222 e. The second kappa shape index (κ2) is 8.32. The van der Waals surface area contributed by atoms with Crippen molar-refractivity contribution in [3.63, 3.8) is 0 Å². The number of fused-ring (bicyclic) bond motifs is 1. The van der Waals surface area contributed by atoms with Crippen molar-refractivity contribution in [1.29, 1.82) is 0 Å². The molecule has 4 heteroatoms. The molecule has 1 N–H and O–H groups in total. The predicted octanol–water partition coefficient (Wildman–Crippen LogP) is 3.06. The summed E-state index contributed by atoms with van der Waals surface area (Å²) in [4.78, 5) is 17.7. The van der Waals surface area contributed by atoms with Crippen LogP contribution in [0.2, 0.25) is 0 Å². The van der Waals surface area contributed by atoms with Crippen LogP contribution in [-0.2, 0) is 17.8 Å². The quantitative estimate of drug-likeness (QED) is 0.886. The van der Waals surface area contributed by atoms with Gasteiger partial charge in [0.2, 0.25) is 5.91 Å². The Bertz CT molecular complexity index is 655. The molecular formula is C23H35N3O. The Morgan fingerprint density at radius 2 is 2.11 bits per heavy atom. The highest BCUT2D eigenvalue weighted by atomic mass is 16.2. The Balaban J connectivity index is 1.56. The van der Waals surface area contributed by atoms with Gasteiger partial charge in [0, 0.05) is 38.0 Å². The van der Waals surface area contributed by atoms with Gasteiger partial charge in [-0.25, -0.2) is 0 Å². The maximum Gasteiger partial charge on any atom is 0.222 e. The number of hydrogen-bond acceptors (Lipinski definition) is 3. The van der Waals surface area contributed by atoms with Gasteiger partial charge in [-0.1, -0.05) is 31.2 Å². The molecule has 0 bridgehead atoms. The zero-order valence-corrected chi connectivity index (χ0v) is 16.9. The summed E-state index contributed by atoms with van der Waals surface area (Å²) in [5, 5.41) is 3.51. The largest absolute Gasteiger partial charge is 0.338 e. The first-order valence-corrected chi connectivity index (χ1v) is 11.0. The lowest BCUT2D eigenvalue weighted by molar-refractivity contribution is -0.134. The molecule has 2 fully saturated rings. The number of rotatable bonds is 4. The Morgan fingerprint density at radius 3 is 2.89 bits per heavy atom. The van der Waals surface area contributed by atoms with Gasteiger partial charge in [-0.05, 0) is 68.8 Å². The molecule has 1 amide bonds. The number of likely N-dealkylation sites (tertiary alicyclic amines) is 1. The van der Waals surface area contributed by atoms with Crippen molar-refractivity contribution >= 4 is 5.91 Å². The molecule has 1 aromatic rings. The molecule has 2 atom stereocenters. The number of benzene rings is 1. The number of carbonyl (C=O) groups excluding carboxylic acids is 1. The van der Waals surface area contributed by atoms with Gasteiger partial charge < -0.3 is 15.1 Å². The van der Waals surface area contributed by atoms with E-state index in [1.165, 1.54) is 56.6 Å². The Kier molecular flexibility index (Phi) is 5.84. The highest BCUT2D eigenvalue weighted by Gasteiger charge is 2.40. The third-order valence-electron chi connectivity index (χ3n) is 6.81. The molecule has 0 aromatic heterocycles. The summed E-state index contributed by atoms with van der Waals surface area (Å²) in [6.45, 7) is 9.78. The Morgan fingerprint density at radius 1 is 1.26 bits per heavy atom. The van der Waals surface area contributed by atoms with E-state index in [0.29, 0.717) is 12.3 Å². The molecule has 3 heterocycles. The average molecular weight is 370 g/mol. The first-order valence-electron chi connectivity index (χ1n) is 11.0. The molecule has 3 aliphatic rings. The van der Waals surface area contributed by atoms with Gasteiger partial charge in [-0.3, -0.25) is 4.79 Å². The van der Waals surface area contributed by atoms with Gasteiger partial charge in [-0.15, -0.1) is 0 Å². The highest BCUT2D eigenvalue weighted by molar-refractivity contribution is 5.76. The molecule has 2 saturated heterocycles. The molecule has 4 rings (SSSR count). The van der Waals surface area contributed by atoms with E-state index in [9.17, 15) is 4.79 Å². The number of amides is 1. The summed E-state index contributed by atoms with van der Waals surface area (Å²) in [5.41, 5.74) is 3.05. The molecule has 0 saturated carbocycles. The van der Waals surface area contributed by atoms with Gasteiger partial charge in [0.25, 0.3) is 0 Å². The zero-order chi connectivity index (χ0) is 18.7. The number of nitrogens with one attached hydrogen (secondary N) is 1. The molecule has 4 nitrogen and oxygen atoms in total. The van der Waals surface area contributed by atoms with Crippen LogP contribution in [0.5, 0.6) is 0 Å². The highest BCUT2D eigenvalue weighted by Crippen LogP contribution is 2.39. The molecule has 27 heavy (non-hydrogen) atoms. The minimum atomic E-state index is 0.223. The van der Waals surface area contributed by atoms with E-state index < -0.39 is 0 Å². The molecule has 0 aliphatic carbocycles. The minimum absolute atomic E-state index is 0.223.